The summed E-state index contributed by atoms with van der Waals surface area (Å²) in [6, 6.07) is 6.49. The second-order valence-electron chi connectivity index (χ2n) is 5.88. The normalized spacial score (nSPS) is 18.0. The zero-order valence-corrected chi connectivity index (χ0v) is 11.8. The molecule has 2 aliphatic rings. The Morgan fingerprint density at radius 3 is 2.62 bits per heavy atom. The minimum atomic E-state index is -0.322. The van der Waals surface area contributed by atoms with E-state index in [-0.39, 0.29) is 5.82 Å². The molecule has 0 unspecified atom stereocenters. The zero-order valence-electron chi connectivity index (χ0n) is 11.8. The molecule has 2 aromatic rings. The number of benzene rings is 1. The Balaban J connectivity index is 1.43. The van der Waals surface area contributed by atoms with E-state index in [9.17, 15) is 4.39 Å². The largest absolute Gasteiger partial charge is 0.489 e. The van der Waals surface area contributed by atoms with Gasteiger partial charge in [0.2, 0.25) is 0 Å². The summed E-state index contributed by atoms with van der Waals surface area (Å²) < 4.78 is 21.0. The quantitative estimate of drug-likeness (QED) is 0.818. The van der Waals surface area contributed by atoms with E-state index in [1.807, 2.05) is 4.68 Å². The molecule has 0 N–H and O–H groups in total. The van der Waals surface area contributed by atoms with Gasteiger partial charge in [0.15, 0.2) is 17.4 Å². The van der Waals surface area contributed by atoms with E-state index in [0.717, 1.165) is 11.6 Å². The number of hydrogen-bond acceptors (Lipinski definition) is 3. The van der Waals surface area contributed by atoms with Gasteiger partial charge in [-0.05, 0) is 37.8 Å². The molecule has 4 nitrogen and oxygen atoms in total. The maximum Gasteiger partial charge on any atom is 0.165 e. The molecule has 4 rings (SSSR count). The van der Waals surface area contributed by atoms with Crippen molar-refractivity contribution >= 4 is 0 Å². The Bertz CT molecular complexity index is 647. The summed E-state index contributed by atoms with van der Waals surface area (Å²) in [7, 11) is 0. The fourth-order valence-corrected chi connectivity index (χ4v) is 2.50. The molecule has 0 saturated heterocycles. The number of hydrogen-bond donors (Lipinski definition) is 0. The minimum Gasteiger partial charge on any atom is -0.489 e. The lowest BCUT2D eigenvalue weighted by Gasteiger charge is -2.08. The lowest BCUT2D eigenvalue weighted by atomic mass is 10.3. The summed E-state index contributed by atoms with van der Waals surface area (Å²) in [5.41, 5.74) is 0. The van der Waals surface area contributed by atoms with Crippen LogP contribution in [0.25, 0.3) is 0 Å². The highest BCUT2D eigenvalue weighted by Gasteiger charge is 2.34. The van der Waals surface area contributed by atoms with E-state index in [1.54, 1.807) is 18.2 Å². The Morgan fingerprint density at radius 2 is 1.90 bits per heavy atom. The van der Waals surface area contributed by atoms with Crippen LogP contribution in [0.3, 0.4) is 0 Å². The maximum atomic E-state index is 13.5. The first-order chi connectivity index (χ1) is 10.3. The lowest BCUT2D eigenvalue weighted by Crippen LogP contribution is -2.12. The van der Waals surface area contributed by atoms with Crippen molar-refractivity contribution in [1.82, 2.24) is 14.8 Å². The topological polar surface area (TPSA) is 39.9 Å². The molecule has 5 heteroatoms. The molecule has 0 spiro atoms. The summed E-state index contributed by atoms with van der Waals surface area (Å²) >= 11 is 0. The van der Waals surface area contributed by atoms with Crippen molar-refractivity contribution in [2.75, 3.05) is 6.61 Å². The van der Waals surface area contributed by atoms with Crippen molar-refractivity contribution in [2.24, 2.45) is 0 Å². The van der Waals surface area contributed by atoms with E-state index < -0.39 is 0 Å². The number of ether oxygens (including phenoxy) is 1. The van der Waals surface area contributed by atoms with Gasteiger partial charge in [-0.15, -0.1) is 0 Å². The fourth-order valence-electron chi connectivity index (χ4n) is 2.50. The highest BCUT2D eigenvalue weighted by molar-refractivity contribution is 5.23. The van der Waals surface area contributed by atoms with Gasteiger partial charge in [-0.25, -0.2) is 14.1 Å². The number of aromatic nitrogens is 3. The first-order valence-corrected chi connectivity index (χ1v) is 7.63. The van der Waals surface area contributed by atoms with E-state index in [4.69, 9.17) is 9.72 Å². The molecule has 0 amide bonds. The van der Waals surface area contributed by atoms with Gasteiger partial charge in [-0.2, -0.15) is 5.10 Å². The molecule has 21 heavy (non-hydrogen) atoms. The van der Waals surface area contributed by atoms with Gasteiger partial charge in [-0.3, -0.25) is 0 Å². The monoisotopic (exact) mass is 287 g/mol. The Hall–Kier alpha value is -1.91. The highest BCUT2D eigenvalue weighted by Crippen LogP contribution is 2.42. The van der Waals surface area contributed by atoms with Crippen LogP contribution in [0.15, 0.2) is 24.3 Å². The third kappa shape index (κ3) is 2.77. The fraction of sp³-hybridized carbons (Fsp3) is 0.500. The molecule has 0 aliphatic heterocycles. The van der Waals surface area contributed by atoms with Gasteiger partial charge in [0.25, 0.3) is 0 Å². The number of rotatable bonds is 6. The Kier molecular flexibility index (Phi) is 3.13. The van der Waals surface area contributed by atoms with Crippen LogP contribution in [0.1, 0.15) is 49.2 Å². The number of nitrogens with zero attached hydrogens (tertiary/aromatic N) is 3. The zero-order chi connectivity index (χ0) is 14.2. The molecule has 0 bridgehead atoms. The lowest BCUT2D eigenvalue weighted by molar-refractivity contribution is 0.275. The van der Waals surface area contributed by atoms with E-state index in [2.05, 4.69) is 5.10 Å². The summed E-state index contributed by atoms with van der Waals surface area (Å²) in [6.45, 7) is 1.04. The van der Waals surface area contributed by atoms with Crippen molar-refractivity contribution in [1.29, 1.82) is 0 Å². The van der Waals surface area contributed by atoms with Gasteiger partial charge < -0.3 is 4.74 Å². The van der Waals surface area contributed by atoms with Gasteiger partial charge in [-0.1, -0.05) is 12.1 Å². The molecule has 0 atom stereocenters. The molecule has 1 aromatic heterocycles. The molecule has 2 saturated carbocycles. The summed E-state index contributed by atoms with van der Waals surface area (Å²) in [5, 5.41) is 4.62. The van der Waals surface area contributed by atoms with Gasteiger partial charge in [0, 0.05) is 11.8 Å². The third-order valence-corrected chi connectivity index (χ3v) is 4.00. The molecule has 1 aromatic carbocycles. The molecule has 1 heterocycles. The van der Waals surface area contributed by atoms with Gasteiger partial charge in [0.05, 0.1) is 6.54 Å². The smallest absolute Gasteiger partial charge is 0.165 e. The first-order valence-electron chi connectivity index (χ1n) is 7.63. The Labute approximate surface area is 123 Å². The van der Waals surface area contributed by atoms with Crippen molar-refractivity contribution in [3.8, 4) is 5.75 Å². The third-order valence-electron chi connectivity index (χ3n) is 4.00. The van der Waals surface area contributed by atoms with Gasteiger partial charge in [0.1, 0.15) is 12.4 Å². The van der Waals surface area contributed by atoms with E-state index in [0.29, 0.717) is 30.7 Å². The molecule has 110 valence electrons. The van der Waals surface area contributed by atoms with Crippen molar-refractivity contribution in [3.05, 3.63) is 41.7 Å². The first kappa shape index (κ1) is 12.8. The molecular formula is C16H18FN3O. The maximum absolute atomic E-state index is 13.5. The van der Waals surface area contributed by atoms with Crippen LogP contribution in [0, 0.1) is 5.82 Å². The van der Waals surface area contributed by atoms with E-state index in [1.165, 1.54) is 31.7 Å². The van der Waals surface area contributed by atoms with Crippen LogP contribution in [0.2, 0.25) is 0 Å². The summed E-state index contributed by atoms with van der Waals surface area (Å²) in [4.78, 5) is 4.70. The second kappa shape index (κ2) is 5.13. The highest BCUT2D eigenvalue weighted by atomic mass is 19.1. The van der Waals surface area contributed by atoms with Crippen LogP contribution in [0.4, 0.5) is 4.39 Å². The predicted octanol–water partition coefficient (Wildman–Crippen LogP) is 3.25. The molecule has 0 radical (unpaired) electrons. The van der Waals surface area contributed by atoms with Crippen LogP contribution in [-0.2, 0) is 6.54 Å². The van der Waals surface area contributed by atoms with Gasteiger partial charge >= 0.3 is 0 Å². The van der Waals surface area contributed by atoms with Crippen LogP contribution >= 0.6 is 0 Å². The number of halogens is 1. The van der Waals surface area contributed by atoms with Crippen LogP contribution < -0.4 is 4.74 Å². The molecule has 2 aliphatic carbocycles. The predicted molar refractivity (Wildman–Crippen MR) is 75.9 cm³/mol. The number of para-hydroxylation sites is 1. The summed E-state index contributed by atoms with van der Waals surface area (Å²) in [6.07, 6.45) is 4.83. The van der Waals surface area contributed by atoms with Crippen molar-refractivity contribution < 1.29 is 9.13 Å². The minimum absolute atomic E-state index is 0.299. The average Bonchev–Trinajstić information content (AvgIpc) is 3.40. The van der Waals surface area contributed by atoms with Crippen molar-refractivity contribution in [3.63, 3.8) is 0 Å². The SMILES string of the molecule is Fc1ccccc1OCCn1nc(C2CC2)nc1C1CC1. The summed E-state index contributed by atoms with van der Waals surface area (Å²) in [5.74, 6) is 3.19. The van der Waals surface area contributed by atoms with Crippen LogP contribution in [0.5, 0.6) is 5.75 Å². The molecule has 2 fully saturated rings. The standard InChI is InChI=1S/C16H18FN3O/c17-13-3-1-2-4-14(13)21-10-9-20-16(12-7-8-12)18-15(19-20)11-5-6-11/h1-4,11-12H,5-10H2. The Morgan fingerprint density at radius 1 is 1.14 bits per heavy atom. The average molecular weight is 287 g/mol. The van der Waals surface area contributed by atoms with Crippen LogP contribution in [-0.4, -0.2) is 21.4 Å². The van der Waals surface area contributed by atoms with Crippen molar-refractivity contribution in [2.45, 2.75) is 44.1 Å². The van der Waals surface area contributed by atoms with E-state index >= 15 is 0 Å². The molecular weight excluding hydrogens is 269 g/mol. The second-order valence-corrected chi connectivity index (χ2v) is 5.88.